The summed E-state index contributed by atoms with van der Waals surface area (Å²) in [5.41, 5.74) is 7.27. The first-order valence-electron chi connectivity index (χ1n) is 5.24. The zero-order valence-electron chi connectivity index (χ0n) is 9.98. The van der Waals surface area contributed by atoms with Gasteiger partial charge in [-0.15, -0.1) is 5.10 Å². The average molecular weight is 296 g/mol. The van der Waals surface area contributed by atoms with Crippen molar-refractivity contribution in [1.82, 2.24) is 20.2 Å². The Morgan fingerprint density at radius 3 is 2.59 bits per heavy atom. The van der Waals surface area contributed by atoms with Crippen molar-refractivity contribution in [2.75, 3.05) is 5.73 Å². The number of anilines is 1. The van der Waals surface area contributed by atoms with Gasteiger partial charge in [-0.05, 0) is 59.3 Å². The Morgan fingerprint density at radius 1 is 1.29 bits per heavy atom. The minimum absolute atomic E-state index is 0.194. The number of hydrogen-bond donors (Lipinski definition) is 1. The number of halogens is 1. The van der Waals surface area contributed by atoms with Gasteiger partial charge in [-0.2, -0.15) is 0 Å². The number of hydrogen-bond acceptors (Lipinski definition) is 4. The van der Waals surface area contributed by atoms with Gasteiger partial charge in [0, 0.05) is 10.2 Å². The molecule has 0 aliphatic rings. The molecule has 90 valence electrons. The first-order chi connectivity index (χ1) is 7.91. The van der Waals surface area contributed by atoms with Gasteiger partial charge in [0.05, 0.1) is 11.1 Å². The third kappa shape index (κ3) is 2.17. The molecule has 0 spiro atoms. The number of benzene rings is 1. The molecule has 0 saturated carbocycles. The van der Waals surface area contributed by atoms with E-state index in [0.717, 1.165) is 10.0 Å². The maximum absolute atomic E-state index is 5.99. The molecule has 0 radical (unpaired) electrons. The molecule has 1 aromatic heterocycles. The van der Waals surface area contributed by atoms with Gasteiger partial charge in [-0.1, -0.05) is 6.07 Å². The lowest BCUT2D eigenvalue weighted by atomic mass is 10.1. The van der Waals surface area contributed by atoms with E-state index in [0.29, 0.717) is 11.5 Å². The molecule has 17 heavy (non-hydrogen) atoms. The highest BCUT2D eigenvalue weighted by Crippen LogP contribution is 2.33. The van der Waals surface area contributed by atoms with E-state index in [1.165, 1.54) is 0 Å². The van der Waals surface area contributed by atoms with Gasteiger partial charge in [0.2, 0.25) is 0 Å². The van der Waals surface area contributed by atoms with Crippen molar-refractivity contribution < 1.29 is 0 Å². The highest BCUT2D eigenvalue weighted by molar-refractivity contribution is 9.10. The molecule has 0 unspecified atom stereocenters. The fraction of sp³-hybridized carbons (Fsp3) is 0.364. The van der Waals surface area contributed by atoms with Gasteiger partial charge in [0.15, 0.2) is 5.82 Å². The molecule has 0 bridgehead atoms. The number of rotatable bonds is 1. The maximum Gasteiger partial charge on any atom is 0.185 e. The molecule has 1 heterocycles. The monoisotopic (exact) mass is 295 g/mol. The van der Waals surface area contributed by atoms with Crippen LogP contribution in [-0.2, 0) is 5.54 Å². The Morgan fingerprint density at radius 2 is 2.00 bits per heavy atom. The second kappa shape index (κ2) is 4.10. The summed E-state index contributed by atoms with van der Waals surface area (Å²) in [5, 5.41) is 11.8. The zero-order valence-corrected chi connectivity index (χ0v) is 11.6. The zero-order chi connectivity index (χ0) is 12.6. The predicted molar refractivity (Wildman–Crippen MR) is 70.4 cm³/mol. The normalized spacial score (nSPS) is 11.8. The lowest BCUT2D eigenvalue weighted by Gasteiger charge is -2.20. The van der Waals surface area contributed by atoms with Crippen LogP contribution in [0.15, 0.2) is 22.7 Å². The minimum atomic E-state index is -0.194. The summed E-state index contributed by atoms with van der Waals surface area (Å²) in [4.78, 5) is 0. The van der Waals surface area contributed by atoms with Gasteiger partial charge in [-0.25, -0.2) is 4.68 Å². The molecule has 0 saturated heterocycles. The van der Waals surface area contributed by atoms with Crippen LogP contribution in [0, 0.1) is 0 Å². The van der Waals surface area contributed by atoms with Crippen molar-refractivity contribution in [3.63, 3.8) is 0 Å². The van der Waals surface area contributed by atoms with Crippen LogP contribution in [0.1, 0.15) is 20.8 Å². The summed E-state index contributed by atoms with van der Waals surface area (Å²) in [7, 11) is 0. The Balaban J connectivity index is 2.66. The quantitative estimate of drug-likeness (QED) is 0.821. The van der Waals surface area contributed by atoms with Crippen LogP contribution in [0.2, 0.25) is 0 Å². The van der Waals surface area contributed by atoms with Crippen LogP contribution in [0.3, 0.4) is 0 Å². The van der Waals surface area contributed by atoms with E-state index < -0.39 is 0 Å². The van der Waals surface area contributed by atoms with E-state index >= 15 is 0 Å². The van der Waals surface area contributed by atoms with Gasteiger partial charge < -0.3 is 5.73 Å². The summed E-state index contributed by atoms with van der Waals surface area (Å²) < 4.78 is 2.65. The molecule has 0 aliphatic heterocycles. The lowest BCUT2D eigenvalue weighted by Crippen LogP contribution is -2.24. The van der Waals surface area contributed by atoms with E-state index in [9.17, 15) is 0 Å². The first-order valence-corrected chi connectivity index (χ1v) is 6.04. The third-order valence-electron chi connectivity index (χ3n) is 2.37. The predicted octanol–water partition coefficient (Wildman–Crippen LogP) is 2.44. The Kier molecular flexibility index (Phi) is 2.91. The summed E-state index contributed by atoms with van der Waals surface area (Å²) in [6.45, 7) is 6.12. The van der Waals surface area contributed by atoms with E-state index in [2.05, 4.69) is 31.5 Å². The molecule has 5 nitrogen and oxygen atoms in total. The number of nitrogen functional groups attached to an aromatic ring is 1. The Labute approximate surface area is 108 Å². The second-order valence-electron chi connectivity index (χ2n) is 4.79. The molecule has 2 rings (SSSR count). The smallest absolute Gasteiger partial charge is 0.185 e. The van der Waals surface area contributed by atoms with Crippen molar-refractivity contribution in [2.45, 2.75) is 26.3 Å². The largest absolute Gasteiger partial charge is 0.398 e. The number of nitrogens with zero attached hydrogens (tertiary/aromatic N) is 4. The molecule has 0 aliphatic carbocycles. The summed E-state index contributed by atoms with van der Waals surface area (Å²) in [6.07, 6.45) is 0. The number of tetrazole rings is 1. The molecule has 0 atom stereocenters. The Bertz CT molecular complexity index is 521. The molecular weight excluding hydrogens is 282 g/mol. The van der Waals surface area contributed by atoms with E-state index in [-0.39, 0.29) is 5.54 Å². The van der Waals surface area contributed by atoms with Crippen LogP contribution >= 0.6 is 15.9 Å². The molecule has 2 aromatic rings. The van der Waals surface area contributed by atoms with Crippen molar-refractivity contribution in [2.24, 2.45) is 0 Å². The van der Waals surface area contributed by atoms with Crippen LogP contribution in [0.5, 0.6) is 0 Å². The average Bonchev–Trinajstić information content (AvgIpc) is 2.65. The Hall–Kier alpha value is -1.43. The standard InChI is InChI=1S/C11H14BrN5/c1-11(2,3)17-10(14-15-16-17)9-7(12)5-4-6-8(9)13/h4-6H,13H2,1-3H3. The fourth-order valence-electron chi connectivity index (χ4n) is 1.57. The molecule has 0 amide bonds. The number of nitrogens with two attached hydrogens (primary N) is 1. The molecule has 2 N–H and O–H groups in total. The van der Waals surface area contributed by atoms with Crippen LogP contribution in [-0.4, -0.2) is 20.2 Å². The van der Waals surface area contributed by atoms with E-state index in [1.807, 2.05) is 39.0 Å². The SMILES string of the molecule is CC(C)(C)n1nnnc1-c1c(N)cccc1Br. The van der Waals surface area contributed by atoms with Crippen molar-refractivity contribution in [3.8, 4) is 11.4 Å². The van der Waals surface area contributed by atoms with Crippen molar-refractivity contribution in [1.29, 1.82) is 0 Å². The fourth-order valence-corrected chi connectivity index (χ4v) is 2.13. The first kappa shape index (κ1) is 12.0. The van der Waals surface area contributed by atoms with Crippen LogP contribution in [0.4, 0.5) is 5.69 Å². The van der Waals surface area contributed by atoms with Gasteiger partial charge in [-0.3, -0.25) is 0 Å². The van der Waals surface area contributed by atoms with Crippen LogP contribution < -0.4 is 5.73 Å². The van der Waals surface area contributed by atoms with Gasteiger partial charge >= 0.3 is 0 Å². The topological polar surface area (TPSA) is 69.6 Å². The van der Waals surface area contributed by atoms with Crippen molar-refractivity contribution in [3.05, 3.63) is 22.7 Å². The highest BCUT2D eigenvalue weighted by Gasteiger charge is 2.23. The van der Waals surface area contributed by atoms with Crippen LogP contribution in [0.25, 0.3) is 11.4 Å². The third-order valence-corrected chi connectivity index (χ3v) is 3.04. The summed E-state index contributed by atoms with van der Waals surface area (Å²) >= 11 is 3.48. The molecule has 0 fully saturated rings. The van der Waals surface area contributed by atoms with Crippen molar-refractivity contribution >= 4 is 21.6 Å². The van der Waals surface area contributed by atoms with Gasteiger partial charge in [0.1, 0.15) is 0 Å². The van der Waals surface area contributed by atoms with Gasteiger partial charge in [0.25, 0.3) is 0 Å². The summed E-state index contributed by atoms with van der Waals surface area (Å²) in [6, 6.07) is 5.64. The maximum atomic E-state index is 5.99. The lowest BCUT2D eigenvalue weighted by molar-refractivity contribution is 0.351. The highest BCUT2D eigenvalue weighted by atomic mass is 79.9. The van der Waals surface area contributed by atoms with E-state index in [1.54, 1.807) is 4.68 Å². The molecule has 6 heteroatoms. The molecule has 1 aromatic carbocycles. The second-order valence-corrected chi connectivity index (χ2v) is 5.64. The number of aromatic nitrogens is 4. The summed E-state index contributed by atoms with van der Waals surface area (Å²) in [5.74, 6) is 0.669. The van der Waals surface area contributed by atoms with E-state index in [4.69, 9.17) is 5.73 Å². The molecular formula is C11H14BrN5. The minimum Gasteiger partial charge on any atom is -0.398 e.